The minimum atomic E-state index is -1.43. The van der Waals surface area contributed by atoms with Gasteiger partial charge in [-0.2, -0.15) is 0 Å². The Morgan fingerprint density at radius 2 is 1.73 bits per heavy atom. The van der Waals surface area contributed by atoms with Gasteiger partial charge in [-0.15, -0.1) is 0 Å². The Hall–Kier alpha value is -4.48. The van der Waals surface area contributed by atoms with Gasteiger partial charge in [0.2, 0.25) is 11.8 Å². The van der Waals surface area contributed by atoms with Crippen molar-refractivity contribution in [1.29, 1.82) is 0 Å². The summed E-state index contributed by atoms with van der Waals surface area (Å²) in [6.45, 7) is 6.05. The molecule has 2 aromatic rings. The zero-order chi connectivity index (χ0) is 33.8. The highest BCUT2D eigenvalue weighted by molar-refractivity contribution is 6.05. The molecule has 11 heteroatoms. The smallest absolute Gasteiger partial charge is 0.306 e. The molecule has 4 aliphatic rings. The van der Waals surface area contributed by atoms with E-state index in [1.807, 2.05) is 60.7 Å². The van der Waals surface area contributed by atoms with E-state index in [9.17, 15) is 24.3 Å². The molecule has 3 amide bonds. The van der Waals surface area contributed by atoms with Crippen LogP contribution in [-0.4, -0.2) is 90.8 Å². The van der Waals surface area contributed by atoms with E-state index in [2.05, 4.69) is 24.1 Å². The summed E-state index contributed by atoms with van der Waals surface area (Å²) in [7, 11) is 0. The third-order valence-electron chi connectivity index (χ3n) is 9.91. The number of anilines is 2. The monoisotopic (exact) mass is 656 g/mol. The molecule has 48 heavy (non-hydrogen) atoms. The number of nitrogens with zero attached hydrogens (tertiary/aromatic N) is 3. The summed E-state index contributed by atoms with van der Waals surface area (Å²) in [6.07, 6.45) is 7.11. The van der Waals surface area contributed by atoms with Crippen LogP contribution in [0.4, 0.5) is 11.4 Å². The number of fused-ring (bicyclic) bond motifs is 2. The summed E-state index contributed by atoms with van der Waals surface area (Å²) in [6, 6.07) is 15.3. The van der Waals surface area contributed by atoms with Gasteiger partial charge in [0.15, 0.2) is 0 Å². The molecule has 2 N–H and O–H groups in total. The number of carbonyl (C=O) groups excluding carboxylic acids is 4. The molecule has 6 atom stereocenters. The molecule has 2 fully saturated rings. The summed E-state index contributed by atoms with van der Waals surface area (Å²) >= 11 is 0. The minimum absolute atomic E-state index is 0.0635. The molecule has 2 aromatic carbocycles. The van der Waals surface area contributed by atoms with Crippen molar-refractivity contribution >= 4 is 35.1 Å². The molecule has 6 rings (SSSR count). The molecular weight excluding hydrogens is 612 g/mol. The lowest BCUT2D eigenvalue weighted by Crippen LogP contribution is -2.55. The lowest BCUT2D eigenvalue weighted by Gasteiger charge is -2.35. The van der Waals surface area contributed by atoms with E-state index >= 15 is 0 Å². The van der Waals surface area contributed by atoms with E-state index in [0.29, 0.717) is 12.1 Å². The molecule has 4 aliphatic heterocycles. The van der Waals surface area contributed by atoms with Crippen molar-refractivity contribution in [3.05, 3.63) is 84.5 Å². The molecule has 0 aliphatic carbocycles. The molecule has 0 bridgehead atoms. The zero-order valence-corrected chi connectivity index (χ0v) is 27.5. The highest BCUT2D eigenvalue weighted by Gasteiger charge is 2.71. The van der Waals surface area contributed by atoms with Gasteiger partial charge in [0.25, 0.3) is 5.91 Å². The maximum absolute atomic E-state index is 14.7. The first-order valence-corrected chi connectivity index (χ1v) is 16.9. The maximum Gasteiger partial charge on any atom is 0.306 e. The topological polar surface area (TPSA) is 129 Å². The number of esters is 1. The van der Waals surface area contributed by atoms with Crippen LogP contribution in [0.25, 0.3) is 0 Å². The van der Waals surface area contributed by atoms with E-state index in [4.69, 9.17) is 9.47 Å². The SMILES string of the molecule is CCN(CC)c1ccc(N2CC=C[C@]34O[C@@H]5/C=C\CCC(=O)OC[C@@H](c6ccccc6)NC(=O)[C@@H]5[C@H]3C(=O)N(CCCO)[C@@H]4C2=O)cc1. The van der Waals surface area contributed by atoms with Gasteiger partial charge in [-0.3, -0.25) is 19.2 Å². The molecule has 0 aromatic heterocycles. The third-order valence-corrected chi connectivity index (χ3v) is 9.91. The number of amides is 3. The minimum Gasteiger partial charge on any atom is -0.463 e. The van der Waals surface area contributed by atoms with E-state index in [-0.39, 0.29) is 56.9 Å². The van der Waals surface area contributed by atoms with Crippen molar-refractivity contribution in [2.75, 3.05) is 49.2 Å². The molecular formula is C37H44N4O7. The Morgan fingerprint density at radius 3 is 2.44 bits per heavy atom. The summed E-state index contributed by atoms with van der Waals surface area (Å²) in [5, 5.41) is 12.8. The van der Waals surface area contributed by atoms with Crippen LogP contribution < -0.4 is 15.1 Å². The summed E-state index contributed by atoms with van der Waals surface area (Å²) in [4.78, 5) is 61.4. The van der Waals surface area contributed by atoms with Gasteiger partial charge in [0, 0.05) is 50.6 Å². The van der Waals surface area contributed by atoms with Gasteiger partial charge >= 0.3 is 5.97 Å². The molecule has 4 heterocycles. The van der Waals surface area contributed by atoms with Crippen LogP contribution in [0.2, 0.25) is 0 Å². The largest absolute Gasteiger partial charge is 0.463 e. The average Bonchev–Trinajstić information content (AvgIpc) is 3.48. The quantitative estimate of drug-likeness (QED) is 0.328. The normalized spacial score (nSPS) is 29.5. The number of cyclic esters (lactones) is 1. The summed E-state index contributed by atoms with van der Waals surface area (Å²) in [5.74, 6) is -3.45. The fourth-order valence-electron chi connectivity index (χ4n) is 7.58. The van der Waals surface area contributed by atoms with Crippen molar-refractivity contribution in [1.82, 2.24) is 10.2 Å². The Bertz CT molecular complexity index is 1560. The fourth-order valence-corrected chi connectivity index (χ4v) is 7.58. The Kier molecular flexibility index (Phi) is 9.98. The first-order valence-electron chi connectivity index (χ1n) is 16.9. The van der Waals surface area contributed by atoms with Gasteiger partial charge in [-0.25, -0.2) is 0 Å². The van der Waals surface area contributed by atoms with Crippen molar-refractivity contribution in [2.45, 2.75) is 56.9 Å². The number of nitrogens with one attached hydrogen (secondary N) is 1. The van der Waals surface area contributed by atoms with Gasteiger partial charge in [0.1, 0.15) is 18.2 Å². The Balaban J connectivity index is 1.39. The van der Waals surface area contributed by atoms with Crippen LogP contribution in [0, 0.1) is 11.8 Å². The molecule has 0 unspecified atom stereocenters. The fraction of sp³-hybridized carbons (Fsp3) is 0.459. The van der Waals surface area contributed by atoms with Crippen LogP contribution in [0.15, 0.2) is 78.9 Å². The number of likely N-dealkylation sites (tertiary alicyclic amines) is 1. The van der Waals surface area contributed by atoms with Crippen LogP contribution in [0.1, 0.15) is 44.7 Å². The number of rotatable bonds is 8. The molecule has 0 radical (unpaired) electrons. The number of hydrogen-bond donors (Lipinski definition) is 2. The van der Waals surface area contributed by atoms with Crippen LogP contribution >= 0.6 is 0 Å². The Labute approximate surface area is 281 Å². The van der Waals surface area contributed by atoms with Gasteiger partial charge in [0.05, 0.1) is 24.0 Å². The number of hydrogen-bond acceptors (Lipinski definition) is 8. The number of aliphatic hydroxyl groups is 1. The summed E-state index contributed by atoms with van der Waals surface area (Å²) < 4.78 is 12.3. The van der Waals surface area contributed by atoms with Gasteiger partial charge in [-0.1, -0.05) is 54.6 Å². The van der Waals surface area contributed by atoms with Gasteiger partial charge in [-0.05, 0) is 56.5 Å². The van der Waals surface area contributed by atoms with Gasteiger partial charge < -0.3 is 34.6 Å². The molecule has 254 valence electrons. The molecule has 1 spiro atoms. The number of ether oxygens (including phenoxy) is 2. The number of allylic oxidation sites excluding steroid dienone is 1. The average molecular weight is 657 g/mol. The predicted molar refractivity (Wildman–Crippen MR) is 180 cm³/mol. The number of aliphatic hydroxyl groups excluding tert-OH is 1. The van der Waals surface area contributed by atoms with E-state index in [0.717, 1.165) is 24.3 Å². The first kappa shape index (κ1) is 33.4. The highest BCUT2D eigenvalue weighted by Crippen LogP contribution is 2.53. The first-order chi connectivity index (χ1) is 23.3. The molecule has 0 saturated carbocycles. The molecule has 2 saturated heterocycles. The molecule has 11 nitrogen and oxygen atoms in total. The van der Waals surface area contributed by atoms with Crippen LogP contribution in [0.3, 0.4) is 0 Å². The third kappa shape index (κ3) is 6.12. The standard InChI is InChI=1S/C37H44N4O7/c1-3-39(4-2)26-16-18-27(19-17-26)40-21-10-20-37-32(35(45)41(22-11-23-42)33(37)36(40)46)31-29(48-37)14-8-9-15-30(43)47-24-28(38-34(31)44)25-12-6-5-7-13-25/h5-8,10,12-14,16-20,28-29,31-33,42H,3-4,9,11,15,21-24H2,1-2H3,(H,38,44)/b14-8-/t28-,29+,31-,32-,33+,37-/m0/s1. The van der Waals surface area contributed by atoms with Crippen LogP contribution in [0.5, 0.6) is 0 Å². The van der Waals surface area contributed by atoms with E-state index < -0.39 is 41.5 Å². The maximum atomic E-state index is 14.7. The number of carbonyl (C=O) groups is 4. The second-order valence-electron chi connectivity index (χ2n) is 12.6. The van der Waals surface area contributed by atoms with E-state index in [1.165, 1.54) is 4.90 Å². The number of benzene rings is 2. The van der Waals surface area contributed by atoms with Crippen molar-refractivity contribution in [3.8, 4) is 0 Å². The van der Waals surface area contributed by atoms with Crippen molar-refractivity contribution in [3.63, 3.8) is 0 Å². The van der Waals surface area contributed by atoms with E-state index in [1.54, 1.807) is 23.1 Å². The highest BCUT2D eigenvalue weighted by atomic mass is 16.5. The predicted octanol–water partition coefficient (Wildman–Crippen LogP) is 3.15. The Morgan fingerprint density at radius 1 is 0.979 bits per heavy atom. The summed E-state index contributed by atoms with van der Waals surface area (Å²) in [5.41, 5.74) is 1.06. The van der Waals surface area contributed by atoms with Crippen LogP contribution in [-0.2, 0) is 28.7 Å². The van der Waals surface area contributed by atoms with Crippen molar-refractivity contribution in [2.24, 2.45) is 11.8 Å². The second-order valence-corrected chi connectivity index (χ2v) is 12.6. The second kappa shape index (κ2) is 14.3. The lowest BCUT2D eigenvalue weighted by molar-refractivity contribution is -0.146. The zero-order valence-electron chi connectivity index (χ0n) is 27.5. The lowest BCUT2D eigenvalue weighted by atomic mass is 9.77. The van der Waals surface area contributed by atoms with Crippen molar-refractivity contribution < 1.29 is 33.8 Å².